The first kappa shape index (κ1) is 21.8. The maximum atomic E-state index is 12.8. The molecule has 3 aromatic carbocycles. The van der Waals surface area contributed by atoms with Gasteiger partial charge in [0.05, 0.1) is 15.6 Å². The van der Waals surface area contributed by atoms with Crippen LogP contribution in [0, 0.1) is 11.3 Å². The second-order valence-electron chi connectivity index (χ2n) is 7.50. The van der Waals surface area contributed by atoms with Crippen LogP contribution in [0.3, 0.4) is 0 Å². The highest BCUT2D eigenvalue weighted by atomic mass is 35.5. The molecule has 1 saturated heterocycles. The maximum absolute atomic E-state index is 12.8. The number of hydrogen-bond acceptors (Lipinski definition) is 4. The van der Waals surface area contributed by atoms with Gasteiger partial charge in [-0.05, 0) is 47.5 Å². The third kappa shape index (κ3) is 4.29. The van der Waals surface area contributed by atoms with Gasteiger partial charge in [-0.25, -0.2) is 0 Å². The molecule has 1 heterocycles. The van der Waals surface area contributed by atoms with Gasteiger partial charge in [0.25, 0.3) is 0 Å². The molecule has 1 atom stereocenters. The number of nitriles is 1. The van der Waals surface area contributed by atoms with Gasteiger partial charge in [-0.15, -0.1) is 0 Å². The van der Waals surface area contributed by atoms with E-state index in [0.29, 0.717) is 40.0 Å². The molecule has 7 heteroatoms. The van der Waals surface area contributed by atoms with Gasteiger partial charge in [-0.2, -0.15) is 5.26 Å². The Hall–Kier alpha value is -3.46. The topological polar surface area (TPSA) is 79.3 Å². The van der Waals surface area contributed by atoms with Crippen molar-refractivity contribution in [1.82, 2.24) is 0 Å². The zero-order chi connectivity index (χ0) is 22.8. The molecule has 0 radical (unpaired) electrons. The molecule has 5 nitrogen and oxygen atoms in total. The molecule has 1 aliphatic rings. The Kier molecular flexibility index (Phi) is 6.09. The van der Waals surface area contributed by atoms with Crippen LogP contribution >= 0.6 is 23.2 Å². The second-order valence-corrected chi connectivity index (χ2v) is 8.32. The molecule has 4 rings (SSSR count). The number of benzene rings is 3. The molecule has 0 unspecified atom stereocenters. The molecule has 1 amide bonds. The predicted molar refractivity (Wildman–Crippen MR) is 127 cm³/mol. The summed E-state index contributed by atoms with van der Waals surface area (Å²) in [6, 6.07) is 19.9. The molecule has 0 bridgehead atoms. The number of anilines is 1. The van der Waals surface area contributed by atoms with E-state index in [2.05, 4.69) is 12.6 Å². The zero-order valence-corrected chi connectivity index (χ0v) is 18.5. The van der Waals surface area contributed by atoms with Crippen LogP contribution in [0.4, 0.5) is 5.69 Å². The molecule has 1 aliphatic heterocycles. The number of amides is 1. The third-order valence-electron chi connectivity index (χ3n) is 5.38. The molecular weight excluding hydrogens is 445 g/mol. The lowest BCUT2D eigenvalue weighted by Gasteiger charge is -2.18. The molecule has 3 aromatic rings. The molecular formula is C25H19Cl2N3O2. The van der Waals surface area contributed by atoms with Crippen molar-refractivity contribution in [3.05, 3.63) is 94.0 Å². The van der Waals surface area contributed by atoms with Gasteiger partial charge in [0.1, 0.15) is 11.8 Å². The Balaban J connectivity index is 1.61. The number of carbonyl (C=O) groups is 1. The highest BCUT2D eigenvalue weighted by Gasteiger charge is 2.32. The summed E-state index contributed by atoms with van der Waals surface area (Å²) in [5.74, 6) is 0.596. The zero-order valence-electron chi connectivity index (χ0n) is 17.0. The van der Waals surface area contributed by atoms with Crippen molar-refractivity contribution in [2.45, 2.75) is 12.3 Å². The average molecular weight is 464 g/mol. The van der Waals surface area contributed by atoms with E-state index in [4.69, 9.17) is 33.7 Å². The minimum atomic E-state index is -0.0477. The number of halogens is 2. The van der Waals surface area contributed by atoms with Crippen LogP contribution < -0.4 is 15.4 Å². The molecule has 2 N–H and O–H groups in total. The van der Waals surface area contributed by atoms with Crippen molar-refractivity contribution in [3.63, 3.8) is 0 Å². The van der Waals surface area contributed by atoms with Gasteiger partial charge in [-0.3, -0.25) is 4.79 Å². The van der Waals surface area contributed by atoms with Crippen molar-refractivity contribution in [3.8, 4) is 17.6 Å². The van der Waals surface area contributed by atoms with Crippen molar-refractivity contribution >= 4 is 40.5 Å². The summed E-state index contributed by atoms with van der Waals surface area (Å²) >= 11 is 12.6. The molecule has 1 fully saturated rings. The number of carbonyl (C=O) groups excluding carboxylic acids is 1. The van der Waals surface area contributed by atoms with E-state index < -0.39 is 0 Å². The monoisotopic (exact) mass is 463 g/mol. The molecule has 0 saturated carbocycles. The Bertz CT molecular complexity index is 1270. The van der Waals surface area contributed by atoms with E-state index in [0.717, 1.165) is 16.8 Å². The summed E-state index contributed by atoms with van der Waals surface area (Å²) in [7, 11) is 0. The molecule has 32 heavy (non-hydrogen) atoms. The first-order valence-corrected chi connectivity index (χ1v) is 10.6. The lowest BCUT2D eigenvalue weighted by Crippen LogP contribution is -2.24. The largest absolute Gasteiger partial charge is 0.453 e. The van der Waals surface area contributed by atoms with Crippen molar-refractivity contribution in [1.29, 1.82) is 5.26 Å². The molecule has 0 spiro atoms. The lowest BCUT2D eigenvalue weighted by molar-refractivity contribution is -0.117. The van der Waals surface area contributed by atoms with Crippen LogP contribution in [0.25, 0.3) is 5.70 Å². The maximum Gasteiger partial charge on any atom is 0.227 e. The van der Waals surface area contributed by atoms with Crippen LogP contribution in [0.15, 0.2) is 67.2 Å². The van der Waals surface area contributed by atoms with E-state index in [1.165, 1.54) is 0 Å². The molecule has 0 aliphatic carbocycles. The normalized spacial score (nSPS) is 15.5. The van der Waals surface area contributed by atoms with E-state index >= 15 is 0 Å². The first-order chi connectivity index (χ1) is 15.4. The highest BCUT2D eigenvalue weighted by molar-refractivity contribution is 6.33. The first-order valence-electron chi connectivity index (χ1n) is 9.88. The third-order valence-corrected chi connectivity index (χ3v) is 5.99. The smallest absolute Gasteiger partial charge is 0.227 e. The number of rotatable bonds is 5. The van der Waals surface area contributed by atoms with Crippen LogP contribution in [0.1, 0.15) is 29.0 Å². The SMILES string of the molecule is C=C(N)c1cccc(N2C[C@@H](c3ccc(Cl)c(Oc4c(Cl)cccc4C#N)c3)CC2=O)c1. The summed E-state index contributed by atoms with van der Waals surface area (Å²) in [6.45, 7) is 4.27. The van der Waals surface area contributed by atoms with Crippen LogP contribution in [-0.2, 0) is 4.79 Å². The fourth-order valence-electron chi connectivity index (χ4n) is 3.72. The van der Waals surface area contributed by atoms with E-state index in [-0.39, 0.29) is 17.6 Å². The minimum absolute atomic E-state index is 0.0186. The van der Waals surface area contributed by atoms with Gasteiger partial charge in [0, 0.05) is 30.3 Å². The average Bonchev–Trinajstić information content (AvgIpc) is 3.18. The number of hydrogen-bond donors (Lipinski definition) is 1. The predicted octanol–water partition coefficient (Wildman–Crippen LogP) is 6.11. The van der Waals surface area contributed by atoms with Gasteiger partial charge in [0.15, 0.2) is 5.75 Å². The summed E-state index contributed by atoms with van der Waals surface area (Å²) < 4.78 is 5.93. The molecule has 0 aromatic heterocycles. The van der Waals surface area contributed by atoms with E-state index in [9.17, 15) is 10.1 Å². The van der Waals surface area contributed by atoms with Gasteiger partial charge in [-0.1, -0.05) is 54.0 Å². The fourth-order valence-corrected chi connectivity index (χ4v) is 4.09. The van der Waals surface area contributed by atoms with E-state index in [1.807, 2.05) is 30.3 Å². The quantitative estimate of drug-likeness (QED) is 0.494. The summed E-state index contributed by atoms with van der Waals surface area (Å²) in [4.78, 5) is 14.5. The van der Waals surface area contributed by atoms with Crippen LogP contribution in [0.5, 0.6) is 11.5 Å². The number of ether oxygens (including phenoxy) is 1. The van der Waals surface area contributed by atoms with Crippen LogP contribution in [0.2, 0.25) is 10.0 Å². The Morgan fingerprint density at radius 3 is 2.66 bits per heavy atom. The lowest BCUT2D eigenvalue weighted by atomic mass is 9.98. The fraction of sp³-hybridized carbons (Fsp3) is 0.120. The number of para-hydroxylation sites is 1. The summed E-state index contributed by atoms with van der Waals surface area (Å²) in [5, 5.41) is 10.1. The van der Waals surface area contributed by atoms with Gasteiger partial charge in [0.2, 0.25) is 5.91 Å². The highest BCUT2D eigenvalue weighted by Crippen LogP contribution is 2.39. The number of nitrogens with two attached hydrogens (primary N) is 1. The Morgan fingerprint density at radius 1 is 1.12 bits per heavy atom. The van der Waals surface area contributed by atoms with Gasteiger partial charge < -0.3 is 15.4 Å². The standard InChI is InChI=1S/C25H19Cl2N3O2/c1-15(29)16-4-2-6-20(10-16)30-14-19(12-24(30)31)17-8-9-21(26)23(11-17)32-25-18(13-28)5-3-7-22(25)27/h2-11,19H,1,12,14,29H2/t19-/m0/s1. The van der Waals surface area contributed by atoms with E-state index in [1.54, 1.807) is 35.2 Å². The Morgan fingerprint density at radius 2 is 1.91 bits per heavy atom. The van der Waals surface area contributed by atoms with Crippen molar-refractivity contribution in [2.75, 3.05) is 11.4 Å². The van der Waals surface area contributed by atoms with Crippen molar-refractivity contribution < 1.29 is 9.53 Å². The Labute approximate surface area is 196 Å². The summed E-state index contributed by atoms with van der Waals surface area (Å²) in [6.07, 6.45) is 0.352. The minimum Gasteiger partial charge on any atom is -0.453 e. The van der Waals surface area contributed by atoms with Gasteiger partial charge >= 0.3 is 0 Å². The van der Waals surface area contributed by atoms with Crippen molar-refractivity contribution in [2.24, 2.45) is 5.73 Å². The molecule has 160 valence electrons. The van der Waals surface area contributed by atoms with Crippen LogP contribution in [-0.4, -0.2) is 12.5 Å². The summed E-state index contributed by atoms with van der Waals surface area (Å²) in [5.41, 5.74) is 9.04. The second kappa shape index (κ2) is 8.96. The number of nitrogens with zero attached hydrogens (tertiary/aromatic N) is 2.